The zero-order valence-electron chi connectivity index (χ0n) is 19.0. The van der Waals surface area contributed by atoms with Crippen molar-refractivity contribution in [3.8, 4) is 0 Å². The monoisotopic (exact) mass is 604 g/mol. The van der Waals surface area contributed by atoms with Crippen molar-refractivity contribution in [1.29, 1.82) is 0 Å². The van der Waals surface area contributed by atoms with Gasteiger partial charge in [0, 0.05) is 32.2 Å². The van der Waals surface area contributed by atoms with Crippen LogP contribution in [0.5, 0.6) is 0 Å². The first-order valence-electron chi connectivity index (χ1n) is 10.9. The van der Waals surface area contributed by atoms with E-state index >= 15 is 0 Å². The molecule has 0 amide bonds. The minimum absolute atomic E-state index is 0.185. The molecule has 1 atom stereocenters. The Labute approximate surface area is 215 Å². The summed E-state index contributed by atoms with van der Waals surface area (Å²) in [5.74, 6) is 0.493. The topological polar surface area (TPSA) is 57.2 Å². The number of alkyl halides is 4. The molecule has 1 fully saturated rings. The van der Waals surface area contributed by atoms with Gasteiger partial charge in [0.15, 0.2) is 10.8 Å². The fourth-order valence-electron chi connectivity index (χ4n) is 4.20. The number of nitrogens with one attached hydrogen (secondary N) is 1. The summed E-state index contributed by atoms with van der Waals surface area (Å²) >= 11 is 8.59. The Kier molecular flexibility index (Phi) is 7.39. The molecule has 0 spiro atoms. The standard InChI is InChI=1S/C23H25ClF3IN6/c1-13(2)33-7-9-34(10-8-33)18-11-16-21(31-19(18)24)29-12-30-22(16)32-20(28)15-5-4-6-17(14(15)3)23(25,26)27/h4-6,11-13,20H,7-10H2,1-3H3,(H,29,30,31,32)/t20-/m0/s1. The molecule has 0 aliphatic carbocycles. The molecule has 1 N–H and O–H groups in total. The zero-order valence-corrected chi connectivity index (χ0v) is 21.9. The van der Waals surface area contributed by atoms with Crippen LogP contribution in [0, 0.1) is 6.92 Å². The third-order valence-electron chi connectivity index (χ3n) is 6.16. The first-order chi connectivity index (χ1) is 16.1. The van der Waals surface area contributed by atoms with E-state index in [0.29, 0.717) is 33.6 Å². The molecule has 4 rings (SSSR count). The Morgan fingerprint density at radius 3 is 2.47 bits per heavy atom. The van der Waals surface area contributed by atoms with Crippen LogP contribution in [0.2, 0.25) is 5.15 Å². The van der Waals surface area contributed by atoms with E-state index in [1.807, 2.05) is 6.07 Å². The van der Waals surface area contributed by atoms with E-state index in [1.54, 1.807) is 6.07 Å². The summed E-state index contributed by atoms with van der Waals surface area (Å²) in [5, 5.41) is 4.29. The summed E-state index contributed by atoms with van der Waals surface area (Å²) in [7, 11) is 0. The van der Waals surface area contributed by atoms with Gasteiger partial charge in [0.1, 0.15) is 16.2 Å². The van der Waals surface area contributed by atoms with Crippen molar-refractivity contribution < 1.29 is 13.2 Å². The molecule has 0 saturated carbocycles. The Balaban J connectivity index is 1.65. The molecule has 3 aromatic rings. The summed E-state index contributed by atoms with van der Waals surface area (Å²) < 4.78 is 39.7. The quantitative estimate of drug-likeness (QED) is 0.165. The van der Waals surface area contributed by atoms with E-state index in [4.69, 9.17) is 11.6 Å². The number of hydrogen-bond acceptors (Lipinski definition) is 6. The van der Waals surface area contributed by atoms with Gasteiger partial charge >= 0.3 is 6.18 Å². The number of aromatic nitrogens is 3. The molecule has 2 aromatic heterocycles. The Morgan fingerprint density at radius 2 is 1.82 bits per heavy atom. The van der Waals surface area contributed by atoms with E-state index < -0.39 is 15.8 Å². The highest BCUT2D eigenvalue weighted by molar-refractivity contribution is 14.1. The smallest absolute Gasteiger partial charge is 0.366 e. The van der Waals surface area contributed by atoms with E-state index in [0.717, 1.165) is 37.9 Å². The number of piperazine rings is 1. The van der Waals surface area contributed by atoms with Crippen LogP contribution in [-0.2, 0) is 6.18 Å². The van der Waals surface area contributed by atoms with E-state index in [1.165, 1.54) is 19.3 Å². The van der Waals surface area contributed by atoms with Gasteiger partial charge in [0.05, 0.1) is 16.6 Å². The minimum atomic E-state index is -4.41. The molecule has 34 heavy (non-hydrogen) atoms. The van der Waals surface area contributed by atoms with E-state index in [2.05, 4.69) is 66.5 Å². The molecule has 3 heterocycles. The lowest BCUT2D eigenvalue weighted by Crippen LogP contribution is -2.49. The number of anilines is 2. The average molecular weight is 605 g/mol. The van der Waals surface area contributed by atoms with Crippen molar-refractivity contribution >= 4 is 56.7 Å². The van der Waals surface area contributed by atoms with Gasteiger partial charge in [0.25, 0.3) is 0 Å². The van der Waals surface area contributed by atoms with Gasteiger partial charge in [-0.05, 0) is 44.0 Å². The maximum absolute atomic E-state index is 13.4. The van der Waals surface area contributed by atoms with Crippen molar-refractivity contribution in [3.63, 3.8) is 0 Å². The van der Waals surface area contributed by atoms with Crippen LogP contribution in [0.3, 0.4) is 0 Å². The number of pyridine rings is 1. The predicted octanol–water partition coefficient (Wildman–Crippen LogP) is 6.08. The van der Waals surface area contributed by atoms with Crippen LogP contribution >= 0.6 is 34.2 Å². The van der Waals surface area contributed by atoms with Gasteiger partial charge in [-0.15, -0.1) is 0 Å². The van der Waals surface area contributed by atoms with Gasteiger partial charge in [0.2, 0.25) is 0 Å². The fourth-order valence-corrected chi connectivity index (χ4v) is 5.43. The fraction of sp³-hybridized carbons (Fsp3) is 0.435. The second-order valence-corrected chi connectivity index (χ2v) is 10.1. The lowest BCUT2D eigenvalue weighted by atomic mass is 10.0. The molecular formula is C23H25ClF3IN6. The maximum Gasteiger partial charge on any atom is 0.416 e. The van der Waals surface area contributed by atoms with Gasteiger partial charge in [-0.1, -0.05) is 46.3 Å². The Morgan fingerprint density at radius 1 is 1.12 bits per heavy atom. The number of rotatable bonds is 5. The highest BCUT2D eigenvalue weighted by Gasteiger charge is 2.33. The van der Waals surface area contributed by atoms with Crippen LogP contribution in [0.4, 0.5) is 24.7 Å². The molecule has 1 aliphatic heterocycles. The number of benzene rings is 1. The number of halogens is 5. The number of nitrogens with zero attached hydrogens (tertiary/aromatic N) is 5. The summed E-state index contributed by atoms with van der Waals surface area (Å²) in [5.41, 5.74) is 1.31. The molecule has 1 saturated heterocycles. The average Bonchev–Trinajstić information content (AvgIpc) is 2.78. The molecule has 1 aromatic carbocycles. The summed E-state index contributed by atoms with van der Waals surface area (Å²) in [4.78, 5) is 17.7. The lowest BCUT2D eigenvalue weighted by molar-refractivity contribution is -0.138. The molecule has 11 heteroatoms. The van der Waals surface area contributed by atoms with Gasteiger partial charge in [-0.25, -0.2) is 15.0 Å². The summed E-state index contributed by atoms with van der Waals surface area (Å²) in [6.07, 6.45) is -3.04. The second kappa shape index (κ2) is 9.98. The molecular weight excluding hydrogens is 580 g/mol. The number of fused-ring (bicyclic) bond motifs is 1. The van der Waals surface area contributed by atoms with Crippen LogP contribution in [0.25, 0.3) is 11.0 Å². The third kappa shape index (κ3) is 5.18. The van der Waals surface area contributed by atoms with Crippen LogP contribution in [-0.4, -0.2) is 52.1 Å². The first-order valence-corrected chi connectivity index (χ1v) is 12.6. The number of hydrogen-bond donors (Lipinski definition) is 1. The highest BCUT2D eigenvalue weighted by atomic mass is 127. The van der Waals surface area contributed by atoms with Crippen molar-refractivity contribution in [2.75, 3.05) is 36.4 Å². The predicted molar refractivity (Wildman–Crippen MR) is 138 cm³/mol. The van der Waals surface area contributed by atoms with Crippen LogP contribution in [0.1, 0.15) is 34.6 Å². The Bertz CT molecular complexity index is 1180. The minimum Gasteiger partial charge on any atom is -0.366 e. The van der Waals surface area contributed by atoms with Crippen LogP contribution < -0.4 is 10.2 Å². The lowest BCUT2D eigenvalue weighted by Gasteiger charge is -2.38. The zero-order chi connectivity index (χ0) is 24.6. The summed E-state index contributed by atoms with van der Waals surface area (Å²) in [6, 6.07) is 6.61. The van der Waals surface area contributed by atoms with Gasteiger partial charge < -0.3 is 10.2 Å². The molecule has 0 unspecified atom stereocenters. The first kappa shape index (κ1) is 25.2. The van der Waals surface area contributed by atoms with Crippen molar-refractivity contribution in [2.24, 2.45) is 0 Å². The molecule has 0 radical (unpaired) electrons. The van der Waals surface area contributed by atoms with Crippen molar-refractivity contribution in [3.05, 3.63) is 52.4 Å². The molecule has 0 bridgehead atoms. The van der Waals surface area contributed by atoms with Crippen LogP contribution in [0.15, 0.2) is 30.6 Å². The normalized spacial score (nSPS) is 16.3. The largest absolute Gasteiger partial charge is 0.416 e. The second-order valence-electron chi connectivity index (χ2n) is 8.53. The Hall–Kier alpha value is -1.92. The SMILES string of the molecule is Cc1c([C@@H](I)Nc2ncnc3nc(Cl)c(N4CCN(C(C)C)CC4)cc23)cccc1C(F)(F)F. The van der Waals surface area contributed by atoms with Gasteiger partial charge in [-0.2, -0.15) is 13.2 Å². The van der Waals surface area contributed by atoms with E-state index in [9.17, 15) is 13.2 Å². The van der Waals surface area contributed by atoms with Crippen molar-refractivity contribution in [1.82, 2.24) is 19.9 Å². The van der Waals surface area contributed by atoms with Crippen molar-refractivity contribution in [2.45, 2.75) is 37.0 Å². The summed E-state index contributed by atoms with van der Waals surface area (Å²) in [6.45, 7) is 9.34. The maximum atomic E-state index is 13.4. The third-order valence-corrected chi connectivity index (χ3v) is 7.42. The van der Waals surface area contributed by atoms with Gasteiger partial charge in [-0.3, -0.25) is 4.90 Å². The highest BCUT2D eigenvalue weighted by Crippen LogP contribution is 2.38. The molecule has 1 aliphatic rings. The molecule has 6 nitrogen and oxygen atoms in total. The van der Waals surface area contributed by atoms with E-state index in [-0.39, 0.29) is 5.56 Å². The molecule has 182 valence electrons.